The molecule has 3 atom stereocenters. The lowest BCUT2D eigenvalue weighted by Gasteiger charge is -2.29. The maximum atomic E-state index is 9.96. The first-order valence-electron chi connectivity index (χ1n) is 11.4. The van der Waals surface area contributed by atoms with E-state index in [2.05, 4.69) is 20.7 Å². The van der Waals surface area contributed by atoms with Gasteiger partial charge in [0.15, 0.2) is 5.82 Å². The molecule has 5 rings (SSSR count). The van der Waals surface area contributed by atoms with Crippen molar-refractivity contribution in [3.05, 3.63) is 41.8 Å². The van der Waals surface area contributed by atoms with Gasteiger partial charge in [-0.25, -0.2) is 9.97 Å². The number of aliphatic hydroxyl groups is 1. The van der Waals surface area contributed by atoms with Gasteiger partial charge in [-0.3, -0.25) is 0 Å². The second-order valence-electron chi connectivity index (χ2n) is 8.83. The Hall–Kier alpha value is -3.01. The van der Waals surface area contributed by atoms with Crippen molar-refractivity contribution in [1.82, 2.24) is 25.8 Å². The summed E-state index contributed by atoms with van der Waals surface area (Å²) in [6.07, 6.45) is 0.557. The lowest BCUT2D eigenvalue weighted by atomic mass is 10.1. The molecule has 2 aliphatic heterocycles. The number of hydrogen-bond acceptors (Lipinski definition) is 9. The Morgan fingerprint density at radius 2 is 2.18 bits per heavy atom. The van der Waals surface area contributed by atoms with Gasteiger partial charge in [-0.2, -0.15) is 0 Å². The second-order valence-corrected chi connectivity index (χ2v) is 8.83. The van der Waals surface area contributed by atoms with Crippen molar-refractivity contribution >= 4 is 5.82 Å². The van der Waals surface area contributed by atoms with Crippen LogP contribution in [0.25, 0.3) is 22.6 Å². The van der Waals surface area contributed by atoms with E-state index < -0.39 is 6.10 Å². The molecule has 0 saturated carbocycles. The maximum Gasteiger partial charge on any atom is 0.162 e. The molecular weight excluding hydrogens is 420 g/mol. The van der Waals surface area contributed by atoms with Crippen molar-refractivity contribution in [1.29, 1.82) is 0 Å². The number of nitrogens with one attached hydrogen (secondary N) is 2. The summed E-state index contributed by atoms with van der Waals surface area (Å²) in [6, 6.07) is 10.7. The van der Waals surface area contributed by atoms with Gasteiger partial charge in [0, 0.05) is 43.3 Å². The van der Waals surface area contributed by atoms with Crippen LogP contribution in [-0.2, 0) is 0 Å². The van der Waals surface area contributed by atoms with Gasteiger partial charge in [-0.05, 0) is 39.4 Å². The molecule has 33 heavy (non-hydrogen) atoms. The summed E-state index contributed by atoms with van der Waals surface area (Å²) in [4.78, 5) is 12.2. The molecule has 2 aliphatic rings. The molecule has 174 valence electrons. The van der Waals surface area contributed by atoms with Crippen molar-refractivity contribution in [2.24, 2.45) is 0 Å². The van der Waals surface area contributed by atoms with E-state index in [1.165, 1.54) is 0 Å². The third-order valence-electron chi connectivity index (χ3n) is 6.33. The van der Waals surface area contributed by atoms with Crippen molar-refractivity contribution in [3.63, 3.8) is 0 Å². The highest BCUT2D eigenvalue weighted by atomic mass is 16.5. The summed E-state index contributed by atoms with van der Waals surface area (Å²) >= 11 is 0. The van der Waals surface area contributed by atoms with E-state index in [1.54, 1.807) is 7.05 Å². The zero-order valence-corrected chi connectivity index (χ0v) is 19.2. The van der Waals surface area contributed by atoms with E-state index in [4.69, 9.17) is 19.2 Å². The minimum absolute atomic E-state index is 0.208. The number of aliphatic hydroxyl groups excluding tert-OH is 1. The number of likely N-dealkylation sites (N-methyl/N-ethyl adjacent to an activating group) is 1. The van der Waals surface area contributed by atoms with Gasteiger partial charge in [0.2, 0.25) is 0 Å². The van der Waals surface area contributed by atoms with Gasteiger partial charge in [-0.15, -0.1) is 0 Å². The van der Waals surface area contributed by atoms with Crippen LogP contribution in [0.15, 0.2) is 34.9 Å². The lowest BCUT2D eigenvalue weighted by molar-refractivity contribution is 0.108. The van der Waals surface area contributed by atoms with Crippen LogP contribution >= 0.6 is 0 Å². The maximum absolute atomic E-state index is 9.96. The standard InChI is InChI=1S/C24H30N6O3/c1-14-23(15(2)33-29-14)21-9-22(30-12-17-8-18(30)10-26-17)28-24(27-21)16-5-4-6-20(7-16)32-13-19(31)11-25-3/h4-7,9,17-19,25-26,31H,8,10-13H2,1-3H3/t17-,18-,19?/m1/s1. The summed E-state index contributed by atoms with van der Waals surface area (Å²) in [5, 5.41) is 20.6. The van der Waals surface area contributed by atoms with E-state index in [0.29, 0.717) is 30.2 Å². The molecule has 0 amide bonds. The van der Waals surface area contributed by atoms with Gasteiger partial charge in [-0.1, -0.05) is 17.3 Å². The predicted octanol–water partition coefficient (Wildman–Crippen LogP) is 1.93. The van der Waals surface area contributed by atoms with Gasteiger partial charge in [0.1, 0.15) is 30.0 Å². The number of rotatable bonds is 8. The quantitative estimate of drug-likeness (QED) is 0.474. The zero-order valence-electron chi connectivity index (χ0n) is 19.2. The monoisotopic (exact) mass is 450 g/mol. The van der Waals surface area contributed by atoms with E-state index in [1.807, 2.05) is 44.2 Å². The fourth-order valence-corrected chi connectivity index (χ4v) is 4.74. The summed E-state index contributed by atoms with van der Waals surface area (Å²) in [6.45, 7) is 6.43. The molecule has 2 aromatic heterocycles. The molecule has 2 bridgehead atoms. The highest BCUT2D eigenvalue weighted by molar-refractivity contribution is 5.71. The number of benzene rings is 1. The van der Waals surface area contributed by atoms with Crippen LogP contribution in [0.4, 0.5) is 5.82 Å². The minimum atomic E-state index is -0.580. The molecule has 0 radical (unpaired) electrons. The molecule has 0 spiro atoms. The minimum Gasteiger partial charge on any atom is -0.491 e. The SMILES string of the molecule is CNCC(O)COc1cccc(-c2nc(-c3c(C)noc3C)cc(N3C[C@H]4C[C@@H]3CN4)n2)c1. The Morgan fingerprint density at radius 1 is 1.30 bits per heavy atom. The molecule has 3 aromatic rings. The Labute approximate surface area is 193 Å². The van der Waals surface area contributed by atoms with Crippen molar-refractivity contribution in [2.45, 2.75) is 38.5 Å². The van der Waals surface area contributed by atoms with E-state index in [0.717, 1.165) is 53.6 Å². The fraction of sp³-hybridized carbons (Fsp3) is 0.458. The van der Waals surface area contributed by atoms with Crippen LogP contribution in [-0.4, -0.2) is 71.7 Å². The van der Waals surface area contributed by atoms with E-state index in [-0.39, 0.29) is 6.61 Å². The molecule has 3 N–H and O–H groups in total. The van der Waals surface area contributed by atoms with E-state index in [9.17, 15) is 5.11 Å². The average molecular weight is 451 g/mol. The summed E-state index contributed by atoms with van der Waals surface area (Å²) in [5.41, 5.74) is 3.37. The zero-order chi connectivity index (χ0) is 22.9. The predicted molar refractivity (Wildman–Crippen MR) is 125 cm³/mol. The molecule has 0 aliphatic carbocycles. The third-order valence-corrected chi connectivity index (χ3v) is 6.33. The first kappa shape index (κ1) is 21.8. The van der Waals surface area contributed by atoms with Gasteiger partial charge in [0.25, 0.3) is 0 Å². The fourth-order valence-electron chi connectivity index (χ4n) is 4.74. The molecule has 2 saturated heterocycles. The Morgan fingerprint density at radius 3 is 2.88 bits per heavy atom. The van der Waals surface area contributed by atoms with Crippen LogP contribution in [0.2, 0.25) is 0 Å². The van der Waals surface area contributed by atoms with Crippen molar-refractivity contribution in [2.75, 3.05) is 38.2 Å². The molecule has 2 fully saturated rings. The number of aromatic nitrogens is 3. The van der Waals surface area contributed by atoms with Gasteiger partial charge in [0.05, 0.1) is 17.0 Å². The number of piperazine rings is 1. The van der Waals surface area contributed by atoms with Crippen LogP contribution in [0, 0.1) is 13.8 Å². The first-order valence-corrected chi connectivity index (χ1v) is 11.4. The largest absolute Gasteiger partial charge is 0.491 e. The van der Waals surface area contributed by atoms with Crippen LogP contribution in [0.5, 0.6) is 5.75 Å². The average Bonchev–Trinajstić information content (AvgIpc) is 3.54. The van der Waals surface area contributed by atoms with E-state index >= 15 is 0 Å². The van der Waals surface area contributed by atoms with Gasteiger partial charge < -0.3 is 29.9 Å². The highest BCUT2D eigenvalue weighted by Crippen LogP contribution is 2.34. The lowest BCUT2D eigenvalue weighted by Crippen LogP contribution is -2.44. The molecule has 4 heterocycles. The van der Waals surface area contributed by atoms with Crippen molar-refractivity contribution < 1.29 is 14.4 Å². The number of fused-ring (bicyclic) bond motifs is 2. The molecule has 9 nitrogen and oxygen atoms in total. The van der Waals surface area contributed by atoms with Gasteiger partial charge >= 0.3 is 0 Å². The number of anilines is 1. The number of ether oxygens (including phenoxy) is 1. The number of hydrogen-bond donors (Lipinski definition) is 3. The molecule has 1 unspecified atom stereocenters. The Balaban J connectivity index is 1.51. The molecule has 9 heteroatoms. The smallest absolute Gasteiger partial charge is 0.162 e. The molecular formula is C24H30N6O3. The Kier molecular flexibility index (Phi) is 6.01. The first-order chi connectivity index (χ1) is 16.0. The normalized spacial score (nSPS) is 20.4. The highest BCUT2D eigenvalue weighted by Gasteiger charge is 2.38. The van der Waals surface area contributed by atoms with Crippen molar-refractivity contribution in [3.8, 4) is 28.4 Å². The third kappa shape index (κ3) is 4.44. The molecule has 1 aromatic carbocycles. The summed E-state index contributed by atoms with van der Waals surface area (Å²) in [7, 11) is 1.80. The second kappa shape index (κ2) is 9.09. The Bertz CT molecular complexity index is 1110. The number of nitrogens with zero attached hydrogens (tertiary/aromatic N) is 4. The van der Waals surface area contributed by atoms with Crippen LogP contribution in [0.1, 0.15) is 17.9 Å². The topological polar surface area (TPSA) is 109 Å². The summed E-state index contributed by atoms with van der Waals surface area (Å²) < 4.78 is 11.2. The van der Waals surface area contributed by atoms with Crippen LogP contribution in [0.3, 0.4) is 0 Å². The summed E-state index contributed by atoms with van der Waals surface area (Å²) in [5.74, 6) is 2.95. The number of aryl methyl sites for hydroxylation is 2. The van der Waals surface area contributed by atoms with Crippen LogP contribution < -0.4 is 20.3 Å².